The van der Waals surface area contributed by atoms with Gasteiger partial charge < -0.3 is 19.5 Å². The number of nitriles is 1. The van der Waals surface area contributed by atoms with Gasteiger partial charge in [0, 0.05) is 37.8 Å². The number of nitrogens with zero attached hydrogens (tertiary/aromatic N) is 1. The molecule has 1 aliphatic carbocycles. The number of nitrogens with one attached hydrogen (secondary N) is 1. The van der Waals surface area contributed by atoms with Crippen molar-refractivity contribution in [2.45, 2.75) is 38.3 Å². The highest BCUT2D eigenvalue weighted by atomic mass is 16.5. The summed E-state index contributed by atoms with van der Waals surface area (Å²) in [7, 11) is 0. The first kappa shape index (κ1) is 17.2. The lowest BCUT2D eigenvalue weighted by molar-refractivity contribution is -0.172. The van der Waals surface area contributed by atoms with E-state index in [-0.39, 0.29) is 5.41 Å². The van der Waals surface area contributed by atoms with E-state index >= 15 is 0 Å². The lowest BCUT2D eigenvalue weighted by Crippen LogP contribution is -2.65. The first-order valence-corrected chi connectivity index (χ1v) is 8.84. The second-order valence-corrected chi connectivity index (χ2v) is 6.52. The summed E-state index contributed by atoms with van der Waals surface area (Å²) in [6.07, 6.45) is 3.57. The van der Waals surface area contributed by atoms with Crippen molar-refractivity contribution in [1.29, 1.82) is 5.26 Å². The van der Waals surface area contributed by atoms with Crippen LogP contribution < -0.4 is 10.1 Å². The van der Waals surface area contributed by atoms with Gasteiger partial charge in [0.15, 0.2) is 0 Å². The van der Waals surface area contributed by atoms with Gasteiger partial charge in [0.1, 0.15) is 12.4 Å². The summed E-state index contributed by atoms with van der Waals surface area (Å²) in [4.78, 5) is 0. The van der Waals surface area contributed by atoms with Gasteiger partial charge in [-0.15, -0.1) is 0 Å². The minimum Gasteiger partial charge on any atom is -0.492 e. The molecule has 5 nitrogen and oxygen atoms in total. The lowest BCUT2D eigenvalue weighted by Gasteiger charge is -2.57. The van der Waals surface area contributed by atoms with Crippen molar-refractivity contribution in [2.24, 2.45) is 5.41 Å². The standard InChI is InChI=1S/C19H26N2O3/c1-2-23-18-13-17(19(18)6-9-22-10-7-19)21-8-11-24-16-5-3-4-15(12-16)14-20/h3-5,12,17-18,21H,2,6-11,13H2,1H3/t17-,18+/m0/s1. The first-order chi connectivity index (χ1) is 11.8. The molecule has 1 N–H and O–H groups in total. The predicted octanol–water partition coefficient (Wildman–Crippen LogP) is 2.50. The highest BCUT2D eigenvalue weighted by molar-refractivity contribution is 5.36. The number of benzene rings is 1. The number of hydrogen-bond donors (Lipinski definition) is 1. The van der Waals surface area contributed by atoms with Crippen molar-refractivity contribution in [3.63, 3.8) is 0 Å². The highest BCUT2D eigenvalue weighted by Gasteiger charge is 2.55. The second kappa shape index (κ2) is 7.98. The predicted molar refractivity (Wildman–Crippen MR) is 91.0 cm³/mol. The summed E-state index contributed by atoms with van der Waals surface area (Å²) in [5.74, 6) is 0.748. The van der Waals surface area contributed by atoms with E-state index in [1.165, 1.54) is 0 Å². The molecule has 5 heteroatoms. The highest BCUT2D eigenvalue weighted by Crippen LogP contribution is 2.50. The van der Waals surface area contributed by atoms with Gasteiger partial charge in [-0.2, -0.15) is 5.26 Å². The van der Waals surface area contributed by atoms with Gasteiger partial charge in [0.2, 0.25) is 0 Å². The molecule has 0 aromatic heterocycles. The number of ether oxygens (including phenoxy) is 3. The monoisotopic (exact) mass is 330 g/mol. The molecule has 1 aliphatic heterocycles. The Kier molecular flexibility index (Phi) is 5.72. The second-order valence-electron chi connectivity index (χ2n) is 6.52. The van der Waals surface area contributed by atoms with E-state index in [0.717, 1.165) is 51.4 Å². The fourth-order valence-electron chi connectivity index (χ4n) is 3.95. The third-order valence-electron chi connectivity index (χ3n) is 5.30. The van der Waals surface area contributed by atoms with Crippen LogP contribution in [0.4, 0.5) is 0 Å². The van der Waals surface area contributed by atoms with Crippen molar-refractivity contribution in [3.05, 3.63) is 29.8 Å². The smallest absolute Gasteiger partial charge is 0.120 e. The van der Waals surface area contributed by atoms with Gasteiger partial charge in [-0.1, -0.05) is 6.07 Å². The maximum absolute atomic E-state index is 8.92. The summed E-state index contributed by atoms with van der Waals surface area (Å²) < 4.78 is 17.2. The van der Waals surface area contributed by atoms with Gasteiger partial charge in [0.25, 0.3) is 0 Å². The van der Waals surface area contributed by atoms with Gasteiger partial charge in [-0.25, -0.2) is 0 Å². The zero-order valence-electron chi connectivity index (χ0n) is 14.3. The van der Waals surface area contributed by atoms with E-state index in [9.17, 15) is 0 Å². The minimum absolute atomic E-state index is 0.231. The van der Waals surface area contributed by atoms with Gasteiger partial charge in [-0.3, -0.25) is 0 Å². The van der Waals surface area contributed by atoms with Crippen molar-refractivity contribution in [3.8, 4) is 11.8 Å². The van der Waals surface area contributed by atoms with Gasteiger partial charge >= 0.3 is 0 Å². The van der Waals surface area contributed by atoms with Crippen molar-refractivity contribution in [1.82, 2.24) is 5.32 Å². The van der Waals surface area contributed by atoms with E-state index in [0.29, 0.717) is 24.3 Å². The van der Waals surface area contributed by atoms with E-state index in [4.69, 9.17) is 19.5 Å². The molecule has 24 heavy (non-hydrogen) atoms. The van der Waals surface area contributed by atoms with Crippen LogP contribution in [0.15, 0.2) is 24.3 Å². The Balaban J connectivity index is 1.47. The maximum atomic E-state index is 8.92. The van der Waals surface area contributed by atoms with Crippen LogP contribution in [0.5, 0.6) is 5.75 Å². The third kappa shape index (κ3) is 3.56. The summed E-state index contributed by atoms with van der Waals surface area (Å²) in [5, 5.41) is 12.6. The van der Waals surface area contributed by atoms with Crippen LogP contribution in [0.25, 0.3) is 0 Å². The molecule has 0 unspecified atom stereocenters. The molecule has 1 aromatic carbocycles. The quantitative estimate of drug-likeness (QED) is 0.778. The zero-order valence-corrected chi connectivity index (χ0v) is 14.3. The molecular weight excluding hydrogens is 304 g/mol. The van der Waals surface area contributed by atoms with E-state index in [2.05, 4.69) is 18.3 Å². The van der Waals surface area contributed by atoms with E-state index in [1.54, 1.807) is 12.1 Å². The minimum atomic E-state index is 0.231. The Bertz CT molecular complexity index is 578. The molecule has 1 spiro atoms. The Labute approximate surface area is 143 Å². The van der Waals surface area contributed by atoms with Gasteiger partial charge in [-0.05, 0) is 44.4 Å². The van der Waals surface area contributed by atoms with Crippen LogP contribution >= 0.6 is 0 Å². The molecule has 0 radical (unpaired) electrons. The molecule has 0 amide bonds. The molecular formula is C19H26N2O3. The summed E-state index contributed by atoms with van der Waals surface area (Å²) in [6.45, 7) is 5.90. The average Bonchev–Trinajstić information content (AvgIpc) is 2.64. The Morgan fingerprint density at radius 3 is 2.96 bits per heavy atom. The van der Waals surface area contributed by atoms with Crippen LogP contribution in [0.2, 0.25) is 0 Å². The van der Waals surface area contributed by atoms with E-state index < -0.39 is 0 Å². The van der Waals surface area contributed by atoms with Gasteiger partial charge in [0.05, 0.1) is 17.7 Å². The Morgan fingerprint density at radius 2 is 2.21 bits per heavy atom. The third-order valence-corrected chi connectivity index (χ3v) is 5.30. The normalized spacial score (nSPS) is 25.0. The topological polar surface area (TPSA) is 63.5 Å². The first-order valence-electron chi connectivity index (χ1n) is 8.84. The van der Waals surface area contributed by atoms with Crippen molar-refractivity contribution >= 4 is 0 Å². The van der Waals surface area contributed by atoms with Crippen molar-refractivity contribution < 1.29 is 14.2 Å². The number of hydrogen-bond acceptors (Lipinski definition) is 5. The van der Waals surface area contributed by atoms with Crippen LogP contribution in [-0.4, -0.2) is 45.1 Å². The Morgan fingerprint density at radius 1 is 1.38 bits per heavy atom. The summed E-state index contributed by atoms with van der Waals surface area (Å²) >= 11 is 0. The molecule has 0 bridgehead atoms. The summed E-state index contributed by atoms with van der Waals surface area (Å²) in [6, 6.07) is 9.89. The fourth-order valence-corrected chi connectivity index (χ4v) is 3.95. The SMILES string of the molecule is CCO[C@@H]1C[C@H](NCCOc2cccc(C#N)c2)C12CCOCC2. The van der Waals surface area contributed by atoms with Crippen molar-refractivity contribution in [2.75, 3.05) is 33.0 Å². The fraction of sp³-hybridized carbons (Fsp3) is 0.632. The molecule has 2 fully saturated rings. The number of rotatable bonds is 7. The van der Waals surface area contributed by atoms with Crippen LogP contribution in [0.1, 0.15) is 31.7 Å². The molecule has 1 saturated carbocycles. The lowest BCUT2D eigenvalue weighted by atomic mass is 9.57. The Hall–Kier alpha value is -1.61. The molecule has 3 rings (SSSR count). The van der Waals surface area contributed by atoms with Crippen LogP contribution in [0, 0.1) is 16.7 Å². The molecule has 2 atom stereocenters. The molecule has 1 aromatic rings. The molecule has 130 valence electrons. The largest absolute Gasteiger partial charge is 0.492 e. The molecule has 2 aliphatic rings. The van der Waals surface area contributed by atoms with E-state index in [1.807, 2.05) is 12.1 Å². The maximum Gasteiger partial charge on any atom is 0.120 e. The zero-order chi connectivity index (χ0) is 16.8. The van der Waals surface area contributed by atoms with Crippen LogP contribution in [0.3, 0.4) is 0 Å². The van der Waals surface area contributed by atoms with Crippen LogP contribution in [-0.2, 0) is 9.47 Å². The molecule has 1 saturated heterocycles. The summed E-state index contributed by atoms with van der Waals surface area (Å²) in [5.41, 5.74) is 0.856. The molecule has 1 heterocycles. The average molecular weight is 330 g/mol.